The number of carbonyl (C=O) groups excluding carboxylic acids is 2. The molecule has 2 aliphatic rings. The van der Waals surface area contributed by atoms with Crippen molar-refractivity contribution in [3.05, 3.63) is 24.3 Å². The predicted octanol–water partition coefficient (Wildman–Crippen LogP) is 2.13. The second kappa shape index (κ2) is 8.61. The molecule has 3 rings (SSSR count). The minimum Gasteiger partial charge on any atom is -0.353 e. The van der Waals surface area contributed by atoms with E-state index in [2.05, 4.69) is 5.32 Å². The smallest absolute Gasteiger partial charge is 0.243 e. The van der Waals surface area contributed by atoms with Gasteiger partial charge in [-0.2, -0.15) is 4.31 Å². The minimum atomic E-state index is -3.53. The summed E-state index contributed by atoms with van der Waals surface area (Å²) >= 11 is 0. The van der Waals surface area contributed by atoms with Gasteiger partial charge in [-0.1, -0.05) is 26.7 Å². The van der Waals surface area contributed by atoms with Crippen LogP contribution in [0.25, 0.3) is 0 Å². The fourth-order valence-corrected chi connectivity index (χ4v) is 5.49. The van der Waals surface area contributed by atoms with Crippen molar-refractivity contribution in [1.29, 1.82) is 0 Å². The Morgan fingerprint density at radius 3 is 2.32 bits per heavy atom. The van der Waals surface area contributed by atoms with Crippen molar-refractivity contribution < 1.29 is 18.0 Å². The van der Waals surface area contributed by atoms with E-state index in [4.69, 9.17) is 0 Å². The fourth-order valence-electron chi connectivity index (χ4n) is 4.03. The lowest BCUT2D eigenvalue weighted by Crippen LogP contribution is -2.38. The highest BCUT2D eigenvalue weighted by molar-refractivity contribution is 7.89. The lowest BCUT2D eigenvalue weighted by Gasteiger charge is -2.20. The molecule has 1 aromatic carbocycles. The fraction of sp³-hybridized carbons (Fsp3) is 0.600. The summed E-state index contributed by atoms with van der Waals surface area (Å²) in [6.07, 6.45) is 4.50. The zero-order chi connectivity index (χ0) is 20.3. The molecule has 28 heavy (non-hydrogen) atoms. The van der Waals surface area contributed by atoms with Crippen LogP contribution >= 0.6 is 0 Å². The van der Waals surface area contributed by atoms with Gasteiger partial charge in [0.05, 0.1) is 10.8 Å². The normalized spacial score (nSPS) is 20.9. The molecule has 8 heteroatoms. The zero-order valence-corrected chi connectivity index (χ0v) is 17.4. The maximum atomic E-state index is 12.6. The SMILES string of the molecule is CCN(CC)S(=O)(=O)c1ccc(N2CC(C(=O)NC3CCCC3)CC2=O)cc1. The Morgan fingerprint density at radius 2 is 1.75 bits per heavy atom. The van der Waals surface area contributed by atoms with Crippen LogP contribution in [0.3, 0.4) is 0 Å². The van der Waals surface area contributed by atoms with Gasteiger partial charge in [0.25, 0.3) is 0 Å². The monoisotopic (exact) mass is 407 g/mol. The molecule has 1 heterocycles. The first-order valence-corrected chi connectivity index (χ1v) is 11.5. The van der Waals surface area contributed by atoms with Crippen LogP contribution in [0.4, 0.5) is 5.69 Å². The van der Waals surface area contributed by atoms with E-state index in [0.29, 0.717) is 25.3 Å². The third-order valence-corrected chi connectivity index (χ3v) is 7.75. The Balaban J connectivity index is 1.68. The molecule has 2 amide bonds. The van der Waals surface area contributed by atoms with Crippen LogP contribution in [-0.2, 0) is 19.6 Å². The van der Waals surface area contributed by atoms with Crippen LogP contribution in [0.2, 0.25) is 0 Å². The van der Waals surface area contributed by atoms with Crippen molar-refractivity contribution in [2.24, 2.45) is 5.92 Å². The first-order valence-electron chi connectivity index (χ1n) is 10.1. The van der Waals surface area contributed by atoms with E-state index in [0.717, 1.165) is 25.7 Å². The maximum absolute atomic E-state index is 12.6. The topological polar surface area (TPSA) is 86.8 Å². The number of hydrogen-bond acceptors (Lipinski definition) is 4. The average Bonchev–Trinajstić information content (AvgIpc) is 3.32. The van der Waals surface area contributed by atoms with Gasteiger partial charge < -0.3 is 10.2 Å². The number of amides is 2. The van der Waals surface area contributed by atoms with Crippen LogP contribution in [0, 0.1) is 5.92 Å². The lowest BCUT2D eigenvalue weighted by atomic mass is 10.1. The van der Waals surface area contributed by atoms with E-state index < -0.39 is 10.0 Å². The number of sulfonamides is 1. The molecule has 0 aromatic heterocycles. The summed E-state index contributed by atoms with van der Waals surface area (Å²) in [5.74, 6) is -0.512. The molecular formula is C20H29N3O4S. The second-order valence-corrected chi connectivity index (χ2v) is 9.42. The van der Waals surface area contributed by atoms with Gasteiger partial charge in [-0.05, 0) is 37.1 Å². The summed E-state index contributed by atoms with van der Waals surface area (Å²) in [4.78, 5) is 26.7. The van der Waals surface area contributed by atoms with Gasteiger partial charge in [-0.25, -0.2) is 8.42 Å². The number of rotatable bonds is 7. The maximum Gasteiger partial charge on any atom is 0.243 e. The summed E-state index contributed by atoms with van der Waals surface area (Å²) in [5.41, 5.74) is 0.625. The van der Waals surface area contributed by atoms with E-state index in [1.54, 1.807) is 30.9 Å². The Hall–Kier alpha value is -1.93. The second-order valence-electron chi connectivity index (χ2n) is 7.48. The predicted molar refractivity (Wildman–Crippen MR) is 107 cm³/mol. The Morgan fingerprint density at radius 1 is 1.14 bits per heavy atom. The van der Waals surface area contributed by atoms with E-state index in [-0.39, 0.29) is 35.1 Å². The van der Waals surface area contributed by atoms with Gasteiger partial charge in [0, 0.05) is 37.8 Å². The van der Waals surface area contributed by atoms with Gasteiger partial charge in [0.15, 0.2) is 0 Å². The third kappa shape index (κ3) is 4.22. The number of anilines is 1. The largest absolute Gasteiger partial charge is 0.353 e. The Labute approximate surface area is 167 Å². The number of benzene rings is 1. The zero-order valence-electron chi connectivity index (χ0n) is 16.6. The highest BCUT2D eigenvalue weighted by Gasteiger charge is 2.36. The number of hydrogen-bond donors (Lipinski definition) is 1. The minimum absolute atomic E-state index is 0.0523. The first kappa shape index (κ1) is 20.8. The molecule has 1 aromatic rings. The van der Waals surface area contributed by atoms with Crippen molar-refractivity contribution in [2.45, 2.75) is 56.9 Å². The molecule has 1 unspecified atom stereocenters. The van der Waals surface area contributed by atoms with Gasteiger partial charge in [0.2, 0.25) is 21.8 Å². The number of nitrogens with one attached hydrogen (secondary N) is 1. The Kier molecular flexibility index (Phi) is 6.40. The molecular weight excluding hydrogens is 378 g/mol. The van der Waals surface area contributed by atoms with Crippen LogP contribution < -0.4 is 10.2 Å². The molecule has 1 aliphatic carbocycles. The highest BCUT2D eigenvalue weighted by atomic mass is 32.2. The summed E-state index contributed by atoms with van der Waals surface area (Å²) in [6.45, 7) is 4.75. The van der Waals surface area contributed by atoms with Crippen LogP contribution in [0.1, 0.15) is 46.0 Å². The molecule has 0 bridgehead atoms. The van der Waals surface area contributed by atoms with Crippen molar-refractivity contribution >= 4 is 27.5 Å². The molecule has 0 radical (unpaired) electrons. The first-order chi connectivity index (χ1) is 13.4. The highest BCUT2D eigenvalue weighted by Crippen LogP contribution is 2.28. The van der Waals surface area contributed by atoms with Gasteiger partial charge >= 0.3 is 0 Å². The van der Waals surface area contributed by atoms with Crippen molar-refractivity contribution in [2.75, 3.05) is 24.5 Å². The molecule has 2 fully saturated rings. The number of nitrogens with zero attached hydrogens (tertiary/aromatic N) is 2. The van der Waals surface area contributed by atoms with Gasteiger partial charge in [0.1, 0.15) is 0 Å². The molecule has 1 saturated carbocycles. The average molecular weight is 408 g/mol. The molecule has 1 atom stereocenters. The van der Waals surface area contributed by atoms with Gasteiger partial charge in [-0.3, -0.25) is 9.59 Å². The van der Waals surface area contributed by atoms with Crippen molar-refractivity contribution in [1.82, 2.24) is 9.62 Å². The molecule has 1 aliphatic heterocycles. The van der Waals surface area contributed by atoms with Crippen LogP contribution in [-0.4, -0.2) is 50.2 Å². The van der Waals surface area contributed by atoms with E-state index in [1.807, 2.05) is 0 Å². The molecule has 0 spiro atoms. The van der Waals surface area contributed by atoms with Crippen molar-refractivity contribution in [3.63, 3.8) is 0 Å². The van der Waals surface area contributed by atoms with Crippen LogP contribution in [0.5, 0.6) is 0 Å². The van der Waals surface area contributed by atoms with Crippen molar-refractivity contribution in [3.8, 4) is 0 Å². The molecule has 1 N–H and O–H groups in total. The summed E-state index contributed by atoms with van der Waals surface area (Å²) in [5, 5.41) is 3.07. The van der Waals surface area contributed by atoms with E-state index >= 15 is 0 Å². The molecule has 7 nitrogen and oxygen atoms in total. The third-order valence-electron chi connectivity index (χ3n) is 5.69. The summed E-state index contributed by atoms with van der Waals surface area (Å²) < 4.78 is 26.6. The van der Waals surface area contributed by atoms with Gasteiger partial charge in [-0.15, -0.1) is 0 Å². The summed E-state index contributed by atoms with van der Waals surface area (Å²) in [6, 6.07) is 6.59. The molecule has 1 saturated heterocycles. The standard InChI is InChI=1S/C20H29N3O4S/c1-3-22(4-2)28(26,27)18-11-9-17(10-12-18)23-14-15(13-19(23)24)20(25)21-16-7-5-6-8-16/h9-12,15-16H,3-8,13-14H2,1-2H3,(H,21,25). The number of carbonyl (C=O) groups is 2. The summed E-state index contributed by atoms with van der Waals surface area (Å²) in [7, 11) is -3.53. The Bertz CT molecular complexity index is 812. The van der Waals surface area contributed by atoms with Crippen LogP contribution in [0.15, 0.2) is 29.2 Å². The van der Waals surface area contributed by atoms with E-state index in [9.17, 15) is 18.0 Å². The quantitative estimate of drug-likeness (QED) is 0.750. The lowest BCUT2D eigenvalue weighted by molar-refractivity contribution is -0.126. The van der Waals surface area contributed by atoms with E-state index in [1.165, 1.54) is 16.4 Å². The molecule has 154 valence electrons.